The molecule has 1 aliphatic rings. The van der Waals surface area contributed by atoms with Gasteiger partial charge in [0.15, 0.2) is 0 Å². The molecule has 0 bridgehead atoms. The summed E-state index contributed by atoms with van der Waals surface area (Å²) in [6.45, 7) is 0. The Hall–Kier alpha value is -2.90. The number of aryl methyl sites for hydroxylation is 1. The molecule has 3 heterocycles. The lowest BCUT2D eigenvalue weighted by Gasteiger charge is -2.33. The zero-order valence-electron chi connectivity index (χ0n) is 16.5. The molecule has 3 atom stereocenters. The van der Waals surface area contributed by atoms with Gasteiger partial charge >= 0.3 is 0 Å². The van der Waals surface area contributed by atoms with Crippen molar-refractivity contribution < 1.29 is 9.84 Å². The van der Waals surface area contributed by atoms with Gasteiger partial charge in [-0.15, -0.1) is 0 Å². The van der Waals surface area contributed by atoms with Gasteiger partial charge in [-0.05, 0) is 31.4 Å². The van der Waals surface area contributed by atoms with E-state index < -0.39 is 6.10 Å². The van der Waals surface area contributed by atoms with Crippen LogP contribution in [0.5, 0.6) is 5.75 Å². The Kier molecular flexibility index (Phi) is 4.92. The molecule has 1 aromatic carbocycles. The number of ether oxygens (including phenoxy) is 1. The van der Waals surface area contributed by atoms with E-state index in [9.17, 15) is 5.11 Å². The molecule has 0 unspecified atom stereocenters. The molecule has 30 heavy (non-hydrogen) atoms. The molecule has 0 spiro atoms. The van der Waals surface area contributed by atoms with Crippen LogP contribution in [0, 0.1) is 0 Å². The van der Waals surface area contributed by atoms with Crippen molar-refractivity contribution in [1.29, 1.82) is 0 Å². The molecule has 1 N–H and O–H groups in total. The summed E-state index contributed by atoms with van der Waals surface area (Å²) in [5, 5.41) is 21.3. The lowest BCUT2D eigenvalue weighted by molar-refractivity contribution is -0.00946. The first-order valence-electron chi connectivity index (χ1n) is 10.0. The predicted molar refractivity (Wildman–Crippen MR) is 114 cm³/mol. The van der Waals surface area contributed by atoms with Gasteiger partial charge in [-0.3, -0.25) is 9.36 Å². The molecule has 4 aromatic rings. The number of rotatable bonds is 4. The monoisotopic (exact) mass is 423 g/mol. The first-order chi connectivity index (χ1) is 14.6. The van der Waals surface area contributed by atoms with Crippen LogP contribution in [0.1, 0.15) is 25.3 Å². The smallest absolute Gasteiger partial charge is 0.131 e. The maximum Gasteiger partial charge on any atom is 0.131 e. The largest absolute Gasteiger partial charge is 0.488 e. The second-order valence-electron chi connectivity index (χ2n) is 7.72. The van der Waals surface area contributed by atoms with Gasteiger partial charge < -0.3 is 9.84 Å². The summed E-state index contributed by atoms with van der Waals surface area (Å²) in [5.74, 6) is 0.779. The third kappa shape index (κ3) is 3.55. The summed E-state index contributed by atoms with van der Waals surface area (Å²) in [4.78, 5) is 4.25. The van der Waals surface area contributed by atoms with Crippen molar-refractivity contribution >= 4 is 22.5 Å². The highest BCUT2D eigenvalue weighted by Crippen LogP contribution is 2.36. The molecular formula is C22H22ClN5O2. The van der Waals surface area contributed by atoms with Crippen LogP contribution in [-0.2, 0) is 7.05 Å². The van der Waals surface area contributed by atoms with Gasteiger partial charge in [-0.2, -0.15) is 10.2 Å². The molecule has 5 rings (SSSR count). The summed E-state index contributed by atoms with van der Waals surface area (Å²) in [5.41, 5.74) is 2.65. The normalized spacial score (nSPS) is 21.8. The zero-order valence-corrected chi connectivity index (χ0v) is 17.3. The van der Waals surface area contributed by atoms with E-state index >= 15 is 0 Å². The minimum atomic E-state index is -0.581. The van der Waals surface area contributed by atoms with Crippen LogP contribution in [-0.4, -0.2) is 41.9 Å². The summed E-state index contributed by atoms with van der Waals surface area (Å²) in [7, 11) is 1.88. The Balaban J connectivity index is 1.44. The number of nitrogens with zero attached hydrogens (tertiary/aromatic N) is 5. The number of aliphatic hydroxyl groups is 1. The second-order valence-corrected chi connectivity index (χ2v) is 8.11. The van der Waals surface area contributed by atoms with E-state index in [-0.39, 0.29) is 12.1 Å². The van der Waals surface area contributed by atoms with Crippen molar-refractivity contribution in [3.05, 3.63) is 60.1 Å². The summed E-state index contributed by atoms with van der Waals surface area (Å²) >= 11 is 6.19. The Bertz CT molecular complexity index is 1170. The van der Waals surface area contributed by atoms with E-state index in [0.717, 1.165) is 40.8 Å². The number of para-hydroxylation sites is 1. The third-order valence-electron chi connectivity index (χ3n) is 5.64. The number of hydrogen-bond acceptors (Lipinski definition) is 5. The zero-order chi connectivity index (χ0) is 20.7. The van der Waals surface area contributed by atoms with Gasteiger partial charge in [0.25, 0.3) is 0 Å². The Morgan fingerprint density at radius 1 is 1.17 bits per heavy atom. The summed E-state index contributed by atoms with van der Waals surface area (Å²) in [6.07, 6.45) is 6.81. The van der Waals surface area contributed by atoms with Gasteiger partial charge in [0.2, 0.25) is 0 Å². The van der Waals surface area contributed by atoms with Crippen molar-refractivity contribution in [3.8, 4) is 17.0 Å². The number of hydrogen-bond donors (Lipinski definition) is 1. The Labute approximate surface area is 178 Å². The summed E-state index contributed by atoms with van der Waals surface area (Å²) in [6, 6.07) is 11.5. The first kappa shape index (κ1) is 19.1. The van der Waals surface area contributed by atoms with Crippen molar-refractivity contribution in [2.45, 2.75) is 37.5 Å². The molecule has 154 valence electrons. The molecule has 0 saturated heterocycles. The van der Waals surface area contributed by atoms with Crippen LogP contribution >= 0.6 is 11.6 Å². The molecule has 1 saturated carbocycles. The fraction of sp³-hybridized carbons (Fsp3) is 0.318. The van der Waals surface area contributed by atoms with Crippen molar-refractivity contribution in [3.63, 3.8) is 0 Å². The van der Waals surface area contributed by atoms with Crippen molar-refractivity contribution in [2.24, 2.45) is 7.05 Å². The fourth-order valence-electron chi connectivity index (χ4n) is 4.17. The lowest BCUT2D eigenvalue weighted by Crippen LogP contribution is -2.38. The summed E-state index contributed by atoms with van der Waals surface area (Å²) < 4.78 is 9.74. The molecule has 3 aromatic heterocycles. The van der Waals surface area contributed by atoms with Gasteiger partial charge in [0.05, 0.1) is 23.9 Å². The number of halogens is 1. The van der Waals surface area contributed by atoms with E-state index in [0.29, 0.717) is 11.6 Å². The molecular weight excluding hydrogens is 402 g/mol. The van der Waals surface area contributed by atoms with E-state index in [1.807, 2.05) is 54.3 Å². The van der Waals surface area contributed by atoms with Crippen LogP contribution in [0.15, 0.2) is 55.0 Å². The van der Waals surface area contributed by atoms with E-state index in [1.165, 1.54) is 0 Å². The molecule has 1 fully saturated rings. The topological polar surface area (TPSA) is 78.0 Å². The van der Waals surface area contributed by atoms with Gasteiger partial charge in [-0.1, -0.05) is 29.8 Å². The Morgan fingerprint density at radius 2 is 2.00 bits per heavy atom. The quantitative estimate of drug-likeness (QED) is 0.501. The van der Waals surface area contributed by atoms with E-state index in [2.05, 4.69) is 10.1 Å². The number of aliphatic hydroxyl groups excluding tert-OH is 1. The van der Waals surface area contributed by atoms with Crippen LogP contribution < -0.4 is 4.74 Å². The number of pyridine rings is 1. The Morgan fingerprint density at radius 3 is 2.73 bits per heavy atom. The highest BCUT2D eigenvalue weighted by Gasteiger charge is 2.33. The first-order valence-corrected chi connectivity index (χ1v) is 10.4. The maximum atomic E-state index is 10.8. The number of benzene rings is 1. The van der Waals surface area contributed by atoms with Gasteiger partial charge in [0.1, 0.15) is 22.7 Å². The van der Waals surface area contributed by atoms with Crippen LogP contribution in [0.3, 0.4) is 0 Å². The fourth-order valence-corrected chi connectivity index (χ4v) is 4.33. The minimum absolute atomic E-state index is 0.0435. The van der Waals surface area contributed by atoms with E-state index in [1.54, 1.807) is 17.1 Å². The SMILES string of the molecule is Cn1cc(-c2nn([C@@H]3CC[C@H](Oc4ccccc4)[C@@H](O)C3)c3cc(Cl)ncc23)cn1. The average molecular weight is 424 g/mol. The minimum Gasteiger partial charge on any atom is -0.488 e. The molecule has 0 amide bonds. The number of fused-ring (bicyclic) bond motifs is 1. The van der Waals surface area contributed by atoms with Gasteiger partial charge in [0, 0.05) is 36.5 Å². The lowest BCUT2D eigenvalue weighted by atomic mass is 9.90. The molecule has 0 radical (unpaired) electrons. The van der Waals surface area contributed by atoms with Crippen molar-refractivity contribution in [2.75, 3.05) is 0 Å². The standard InChI is InChI=1S/C22H22ClN5O2/c1-27-13-14(11-25-27)22-17-12-24-21(23)10-18(17)28(26-22)15-7-8-20(19(29)9-15)30-16-5-3-2-4-6-16/h2-6,10-13,15,19-20,29H,7-9H2,1H3/t15-,19+,20+/m1/s1. The average Bonchev–Trinajstić information content (AvgIpc) is 3.33. The second kappa shape index (κ2) is 7.74. The maximum absolute atomic E-state index is 10.8. The highest BCUT2D eigenvalue weighted by molar-refractivity contribution is 6.30. The molecule has 7 nitrogen and oxygen atoms in total. The molecule has 1 aliphatic carbocycles. The van der Waals surface area contributed by atoms with Crippen molar-refractivity contribution in [1.82, 2.24) is 24.5 Å². The predicted octanol–water partition coefficient (Wildman–Crippen LogP) is 4.02. The number of aromatic nitrogens is 5. The third-order valence-corrected chi connectivity index (χ3v) is 5.85. The van der Waals surface area contributed by atoms with Crippen LogP contribution in [0.4, 0.5) is 0 Å². The van der Waals surface area contributed by atoms with Gasteiger partial charge in [-0.25, -0.2) is 4.98 Å². The van der Waals surface area contributed by atoms with Crippen LogP contribution in [0.25, 0.3) is 22.2 Å². The van der Waals surface area contributed by atoms with Crippen LogP contribution in [0.2, 0.25) is 5.15 Å². The highest BCUT2D eigenvalue weighted by atomic mass is 35.5. The van der Waals surface area contributed by atoms with E-state index in [4.69, 9.17) is 21.4 Å². The molecule has 8 heteroatoms. The molecule has 0 aliphatic heterocycles.